The zero-order chi connectivity index (χ0) is 17.5. The van der Waals surface area contributed by atoms with Crippen molar-refractivity contribution in [2.24, 2.45) is 0 Å². The summed E-state index contributed by atoms with van der Waals surface area (Å²) in [4.78, 5) is 27.5. The van der Waals surface area contributed by atoms with Crippen molar-refractivity contribution in [3.8, 4) is 0 Å². The molecule has 1 aliphatic rings. The Labute approximate surface area is 150 Å². The molecule has 4 heterocycles. The molecule has 0 saturated carbocycles. The third-order valence-electron chi connectivity index (χ3n) is 5.10. The van der Waals surface area contributed by atoms with Gasteiger partial charge in [0.25, 0.3) is 5.56 Å². The van der Waals surface area contributed by atoms with Gasteiger partial charge in [0.2, 0.25) is 0 Å². The molecule has 0 bridgehead atoms. The van der Waals surface area contributed by atoms with Crippen LogP contribution in [0.2, 0.25) is 0 Å². The molecule has 4 aromatic rings. The molecule has 130 valence electrons. The summed E-state index contributed by atoms with van der Waals surface area (Å²) in [5, 5.41) is 0. The molecule has 0 amide bonds. The second-order valence-electron chi connectivity index (χ2n) is 6.81. The number of imidazole rings is 1. The number of nitrogens with zero attached hydrogens (tertiary/aromatic N) is 4. The van der Waals surface area contributed by atoms with Crippen molar-refractivity contribution in [3.63, 3.8) is 0 Å². The Morgan fingerprint density at radius 3 is 2.88 bits per heavy atom. The van der Waals surface area contributed by atoms with Gasteiger partial charge in [-0.05, 0) is 37.1 Å². The zero-order valence-electron chi connectivity index (χ0n) is 14.3. The molecule has 0 spiro atoms. The Balaban J connectivity index is 1.48. The van der Waals surface area contributed by atoms with Gasteiger partial charge in [-0.15, -0.1) is 0 Å². The van der Waals surface area contributed by atoms with E-state index in [1.54, 1.807) is 16.7 Å². The number of piperidine rings is 1. The molecule has 3 aromatic heterocycles. The summed E-state index contributed by atoms with van der Waals surface area (Å²) in [6.07, 6.45) is 3.89. The summed E-state index contributed by atoms with van der Waals surface area (Å²) in [6, 6.07) is 15.4. The van der Waals surface area contributed by atoms with Crippen molar-refractivity contribution in [2.75, 3.05) is 18.0 Å². The maximum atomic E-state index is 12.4. The fraction of sp³-hybridized carbons (Fsp3) is 0.250. The highest BCUT2D eigenvalue weighted by Gasteiger charge is 2.25. The number of para-hydroxylation sites is 2. The molecule has 0 aliphatic carbocycles. The van der Waals surface area contributed by atoms with Crippen molar-refractivity contribution in [2.45, 2.75) is 18.8 Å². The number of hydrogen-bond donors (Lipinski definition) is 1. The molecule has 1 unspecified atom stereocenters. The number of rotatable bonds is 2. The second kappa shape index (κ2) is 5.98. The molecule has 1 atom stereocenters. The van der Waals surface area contributed by atoms with Crippen LogP contribution in [0.1, 0.15) is 24.6 Å². The Morgan fingerprint density at radius 2 is 1.96 bits per heavy atom. The Hall–Kier alpha value is -3.15. The van der Waals surface area contributed by atoms with Gasteiger partial charge in [0, 0.05) is 31.3 Å². The van der Waals surface area contributed by atoms with Crippen molar-refractivity contribution >= 4 is 22.5 Å². The van der Waals surface area contributed by atoms with E-state index in [2.05, 4.69) is 20.9 Å². The molecule has 5 rings (SSSR count). The first kappa shape index (κ1) is 15.1. The Kier molecular flexibility index (Phi) is 3.48. The average Bonchev–Trinajstić information content (AvgIpc) is 3.12. The maximum Gasteiger partial charge on any atom is 0.259 e. The van der Waals surface area contributed by atoms with Crippen LogP contribution in [-0.2, 0) is 0 Å². The number of aromatic nitrogens is 4. The van der Waals surface area contributed by atoms with E-state index in [4.69, 9.17) is 4.98 Å². The lowest BCUT2D eigenvalue weighted by Crippen LogP contribution is -2.36. The van der Waals surface area contributed by atoms with Crippen LogP contribution < -0.4 is 10.5 Å². The minimum Gasteiger partial charge on any atom is -0.356 e. The van der Waals surface area contributed by atoms with Gasteiger partial charge in [0.1, 0.15) is 17.3 Å². The van der Waals surface area contributed by atoms with Crippen molar-refractivity contribution < 1.29 is 0 Å². The van der Waals surface area contributed by atoms with Crippen LogP contribution >= 0.6 is 0 Å². The van der Waals surface area contributed by atoms with Gasteiger partial charge in [-0.3, -0.25) is 9.20 Å². The maximum absolute atomic E-state index is 12.4. The third kappa shape index (κ3) is 2.54. The summed E-state index contributed by atoms with van der Waals surface area (Å²) in [6.45, 7) is 1.72. The third-order valence-corrected chi connectivity index (χ3v) is 5.10. The summed E-state index contributed by atoms with van der Waals surface area (Å²) in [7, 11) is 0. The lowest BCUT2D eigenvalue weighted by atomic mass is 9.97. The monoisotopic (exact) mass is 345 g/mol. The van der Waals surface area contributed by atoms with Crippen LogP contribution in [0.5, 0.6) is 0 Å². The SMILES string of the molecule is O=c1cc(N2CCCC(c3nc4ccccc4[nH]3)C2)nc2ccccn12. The molecule has 1 fully saturated rings. The van der Waals surface area contributed by atoms with E-state index in [0.29, 0.717) is 11.6 Å². The van der Waals surface area contributed by atoms with Crippen LogP contribution in [0.25, 0.3) is 16.7 Å². The smallest absolute Gasteiger partial charge is 0.259 e. The molecule has 1 saturated heterocycles. The van der Waals surface area contributed by atoms with Gasteiger partial charge in [0.15, 0.2) is 0 Å². The first-order valence-corrected chi connectivity index (χ1v) is 8.96. The largest absolute Gasteiger partial charge is 0.356 e. The summed E-state index contributed by atoms with van der Waals surface area (Å²) < 4.78 is 1.57. The van der Waals surface area contributed by atoms with Crippen molar-refractivity contribution in [1.29, 1.82) is 0 Å². The predicted octanol–water partition coefficient (Wildman–Crippen LogP) is 2.95. The predicted molar refractivity (Wildman–Crippen MR) is 102 cm³/mol. The van der Waals surface area contributed by atoms with E-state index in [-0.39, 0.29) is 5.56 Å². The van der Waals surface area contributed by atoms with E-state index in [0.717, 1.165) is 48.6 Å². The van der Waals surface area contributed by atoms with Crippen molar-refractivity contribution in [3.05, 3.63) is 70.9 Å². The number of benzene rings is 1. The van der Waals surface area contributed by atoms with Gasteiger partial charge in [0.05, 0.1) is 11.0 Å². The minimum absolute atomic E-state index is 0.0449. The second-order valence-corrected chi connectivity index (χ2v) is 6.81. The Bertz CT molecular complexity index is 1110. The van der Waals surface area contributed by atoms with Gasteiger partial charge < -0.3 is 9.88 Å². The fourth-order valence-corrected chi connectivity index (χ4v) is 3.78. The number of fused-ring (bicyclic) bond motifs is 2. The highest BCUT2D eigenvalue weighted by Crippen LogP contribution is 2.28. The average molecular weight is 345 g/mol. The normalized spacial score (nSPS) is 17.8. The lowest BCUT2D eigenvalue weighted by molar-refractivity contribution is 0.492. The highest BCUT2D eigenvalue weighted by atomic mass is 16.1. The number of anilines is 1. The van der Waals surface area contributed by atoms with Crippen LogP contribution in [0.3, 0.4) is 0 Å². The van der Waals surface area contributed by atoms with E-state index >= 15 is 0 Å². The van der Waals surface area contributed by atoms with Gasteiger partial charge >= 0.3 is 0 Å². The topological polar surface area (TPSA) is 66.3 Å². The molecular weight excluding hydrogens is 326 g/mol. The Morgan fingerprint density at radius 1 is 1.08 bits per heavy atom. The van der Waals surface area contributed by atoms with Gasteiger partial charge in [-0.1, -0.05) is 18.2 Å². The van der Waals surface area contributed by atoms with Crippen LogP contribution in [-0.4, -0.2) is 32.4 Å². The lowest BCUT2D eigenvalue weighted by Gasteiger charge is -2.32. The van der Waals surface area contributed by atoms with Gasteiger partial charge in [-0.2, -0.15) is 0 Å². The molecule has 1 aliphatic heterocycles. The molecule has 26 heavy (non-hydrogen) atoms. The summed E-state index contributed by atoms with van der Waals surface area (Å²) >= 11 is 0. The number of nitrogens with one attached hydrogen (secondary N) is 1. The number of pyridine rings is 1. The first-order chi connectivity index (χ1) is 12.8. The first-order valence-electron chi connectivity index (χ1n) is 8.96. The fourth-order valence-electron chi connectivity index (χ4n) is 3.78. The molecule has 6 nitrogen and oxygen atoms in total. The van der Waals surface area contributed by atoms with Crippen LogP contribution in [0.4, 0.5) is 5.82 Å². The van der Waals surface area contributed by atoms with Gasteiger partial charge in [-0.25, -0.2) is 9.97 Å². The molecule has 1 N–H and O–H groups in total. The van der Waals surface area contributed by atoms with Crippen LogP contribution in [0, 0.1) is 0 Å². The molecule has 0 radical (unpaired) electrons. The van der Waals surface area contributed by atoms with E-state index in [1.807, 2.05) is 36.4 Å². The van der Waals surface area contributed by atoms with E-state index in [1.165, 1.54) is 0 Å². The number of hydrogen-bond acceptors (Lipinski definition) is 4. The van der Waals surface area contributed by atoms with Crippen LogP contribution in [0.15, 0.2) is 59.5 Å². The quantitative estimate of drug-likeness (QED) is 0.607. The number of H-pyrrole nitrogens is 1. The molecule has 6 heteroatoms. The van der Waals surface area contributed by atoms with E-state index in [9.17, 15) is 4.79 Å². The number of aromatic amines is 1. The standard InChI is InChI=1S/C20H19N5O/c26-19-12-18(23-17-9-3-4-11-25(17)19)24-10-5-6-14(13-24)20-21-15-7-1-2-8-16(15)22-20/h1-4,7-9,11-12,14H,5-6,10,13H2,(H,21,22). The van der Waals surface area contributed by atoms with E-state index < -0.39 is 0 Å². The molecular formula is C20H19N5O. The summed E-state index contributed by atoms with van der Waals surface area (Å²) in [5.74, 6) is 2.09. The van der Waals surface area contributed by atoms with Crippen molar-refractivity contribution in [1.82, 2.24) is 19.4 Å². The highest BCUT2D eigenvalue weighted by molar-refractivity contribution is 5.74. The minimum atomic E-state index is -0.0449. The zero-order valence-corrected chi connectivity index (χ0v) is 14.3. The molecule has 1 aromatic carbocycles. The summed E-state index contributed by atoms with van der Waals surface area (Å²) in [5.41, 5.74) is 2.71.